The van der Waals surface area contributed by atoms with Crippen LogP contribution in [0.15, 0.2) is 48.5 Å². The molecule has 7 nitrogen and oxygen atoms in total. The lowest BCUT2D eigenvalue weighted by molar-refractivity contribution is -0.140. The third-order valence-corrected chi connectivity index (χ3v) is 6.60. The summed E-state index contributed by atoms with van der Waals surface area (Å²) in [5, 5.41) is 2.87. The van der Waals surface area contributed by atoms with Gasteiger partial charge in [-0.2, -0.15) is 0 Å². The van der Waals surface area contributed by atoms with Crippen molar-refractivity contribution in [2.45, 2.75) is 46.7 Å². The number of nitrogens with zero attached hydrogens (tertiary/aromatic N) is 2. The van der Waals surface area contributed by atoms with Crippen LogP contribution in [0.2, 0.25) is 0 Å². The monoisotopic (exact) mass is 491 g/mol. The lowest BCUT2D eigenvalue weighted by Gasteiger charge is -2.33. The van der Waals surface area contributed by atoms with Crippen LogP contribution in [-0.4, -0.2) is 50.5 Å². The summed E-state index contributed by atoms with van der Waals surface area (Å²) in [6, 6.07) is 12.1. The number of carbonyl (C=O) groups is 2. The van der Waals surface area contributed by atoms with Gasteiger partial charge in [0, 0.05) is 13.1 Å². The number of rotatable bonds is 11. The molecule has 2 aromatic rings. The van der Waals surface area contributed by atoms with E-state index in [4.69, 9.17) is 0 Å². The SMILES string of the molecule is CC[C@@H](C(=O)NCC(C)C)N(Cc1ccccc1C)C(=O)CN(c1ccccc1F)S(C)(=O)=O. The summed E-state index contributed by atoms with van der Waals surface area (Å²) in [7, 11) is -3.98. The van der Waals surface area contributed by atoms with Crippen LogP contribution in [0.5, 0.6) is 0 Å². The van der Waals surface area contributed by atoms with E-state index in [9.17, 15) is 22.4 Å². The maximum Gasteiger partial charge on any atom is 0.244 e. The molecule has 0 aliphatic rings. The lowest BCUT2D eigenvalue weighted by atomic mass is 10.1. The molecule has 34 heavy (non-hydrogen) atoms. The highest BCUT2D eigenvalue weighted by molar-refractivity contribution is 7.92. The number of benzene rings is 2. The molecule has 0 bridgehead atoms. The zero-order chi connectivity index (χ0) is 25.5. The Balaban J connectivity index is 2.45. The second kappa shape index (κ2) is 12.0. The second-order valence-electron chi connectivity index (χ2n) is 8.73. The average Bonchev–Trinajstić information content (AvgIpc) is 2.76. The van der Waals surface area contributed by atoms with Gasteiger partial charge < -0.3 is 10.2 Å². The van der Waals surface area contributed by atoms with Crippen LogP contribution in [-0.2, 0) is 26.2 Å². The summed E-state index contributed by atoms with van der Waals surface area (Å²) < 4.78 is 40.2. The molecule has 9 heteroatoms. The smallest absolute Gasteiger partial charge is 0.244 e. The number of carbonyl (C=O) groups excluding carboxylic acids is 2. The number of aryl methyl sites for hydroxylation is 1. The number of amides is 2. The topological polar surface area (TPSA) is 86.8 Å². The van der Waals surface area contributed by atoms with Gasteiger partial charge in [-0.15, -0.1) is 0 Å². The second-order valence-corrected chi connectivity index (χ2v) is 10.6. The van der Waals surface area contributed by atoms with Crippen molar-refractivity contribution in [2.24, 2.45) is 5.92 Å². The van der Waals surface area contributed by atoms with Crippen molar-refractivity contribution in [3.63, 3.8) is 0 Å². The number of para-hydroxylation sites is 1. The average molecular weight is 492 g/mol. The van der Waals surface area contributed by atoms with Gasteiger partial charge >= 0.3 is 0 Å². The number of nitrogens with one attached hydrogen (secondary N) is 1. The maximum absolute atomic E-state index is 14.5. The Labute approximate surface area is 202 Å². The molecule has 0 heterocycles. The zero-order valence-corrected chi connectivity index (χ0v) is 21.2. The standard InChI is InChI=1S/C25H34FN3O4S/c1-6-22(25(31)27-15-18(2)3)28(16-20-12-8-7-11-19(20)4)24(30)17-29(34(5,32)33)23-14-10-9-13-21(23)26/h7-14,18,22H,6,15-17H2,1-5H3,(H,27,31)/t22-/m0/s1. The van der Waals surface area contributed by atoms with Gasteiger partial charge in [-0.25, -0.2) is 12.8 Å². The summed E-state index contributed by atoms with van der Waals surface area (Å²) in [6.45, 7) is 7.58. The van der Waals surface area contributed by atoms with Gasteiger partial charge in [0.2, 0.25) is 21.8 Å². The molecule has 186 valence electrons. The molecular weight excluding hydrogens is 457 g/mol. The van der Waals surface area contributed by atoms with E-state index in [1.807, 2.05) is 45.0 Å². The Morgan fingerprint density at radius 3 is 2.24 bits per heavy atom. The van der Waals surface area contributed by atoms with Gasteiger partial charge in [-0.3, -0.25) is 13.9 Å². The van der Waals surface area contributed by atoms with Gasteiger partial charge in [-0.1, -0.05) is 57.2 Å². The fourth-order valence-corrected chi connectivity index (χ4v) is 4.41. The minimum atomic E-state index is -3.98. The minimum Gasteiger partial charge on any atom is -0.354 e. The fourth-order valence-electron chi connectivity index (χ4n) is 3.56. The molecule has 0 fully saturated rings. The minimum absolute atomic E-state index is 0.119. The summed E-state index contributed by atoms with van der Waals surface area (Å²) >= 11 is 0. The largest absolute Gasteiger partial charge is 0.354 e. The van der Waals surface area contributed by atoms with Gasteiger partial charge in [-0.05, 0) is 42.5 Å². The number of halogens is 1. The van der Waals surface area contributed by atoms with E-state index in [1.165, 1.54) is 23.1 Å². The highest BCUT2D eigenvalue weighted by Crippen LogP contribution is 2.23. The molecule has 0 radical (unpaired) electrons. The number of hydrogen-bond donors (Lipinski definition) is 1. The van der Waals surface area contributed by atoms with Crippen LogP contribution >= 0.6 is 0 Å². The molecule has 1 atom stereocenters. The number of sulfonamides is 1. The van der Waals surface area contributed by atoms with Crippen LogP contribution in [0.1, 0.15) is 38.3 Å². The predicted octanol–water partition coefficient (Wildman–Crippen LogP) is 3.48. The third kappa shape index (κ3) is 7.28. The Morgan fingerprint density at radius 2 is 1.68 bits per heavy atom. The van der Waals surface area contributed by atoms with Crippen molar-refractivity contribution in [3.8, 4) is 0 Å². The van der Waals surface area contributed by atoms with Crippen molar-refractivity contribution < 1.29 is 22.4 Å². The van der Waals surface area contributed by atoms with E-state index in [0.29, 0.717) is 13.0 Å². The quantitative estimate of drug-likeness (QED) is 0.521. The predicted molar refractivity (Wildman–Crippen MR) is 132 cm³/mol. The highest BCUT2D eigenvalue weighted by Gasteiger charge is 2.32. The number of anilines is 1. The summed E-state index contributed by atoms with van der Waals surface area (Å²) in [4.78, 5) is 28.0. The van der Waals surface area contributed by atoms with Crippen molar-refractivity contribution in [1.82, 2.24) is 10.2 Å². The van der Waals surface area contributed by atoms with Crippen molar-refractivity contribution >= 4 is 27.5 Å². The molecule has 1 N–H and O–H groups in total. The number of hydrogen-bond acceptors (Lipinski definition) is 4. The molecule has 0 aliphatic heterocycles. The maximum atomic E-state index is 14.5. The van der Waals surface area contributed by atoms with Crippen molar-refractivity contribution in [2.75, 3.05) is 23.7 Å². The molecular formula is C25H34FN3O4S. The molecule has 0 aliphatic carbocycles. The van der Waals surface area contributed by atoms with Crippen LogP contribution < -0.4 is 9.62 Å². The highest BCUT2D eigenvalue weighted by atomic mass is 32.2. The summed E-state index contributed by atoms with van der Waals surface area (Å²) in [5.74, 6) is -1.44. The van der Waals surface area contributed by atoms with Gasteiger partial charge in [0.1, 0.15) is 18.4 Å². The third-order valence-electron chi connectivity index (χ3n) is 5.47. The molecule has 0 unspecified atom stereocenters. The van der Waals surface area contributed by atoms with Crippen LogP contribution in [0, 0.1) is 18.7 Å². The summed E-state index contributed by atoms with van der Waals surface area (Å²) in [6.07, 6.45) is 1.26. The molecule has 0 spiro atoms. The van der Waals surface area contributed by atoms with E-state index < -0.39 is 34.3 Å². The zero-order valence-electron chi connectivity index (χ0n) is 20.4. The Hall–Kier alpha value is -2.94. The first kappa shape index (κ1) is 27.3. The van der Waals surface area contributed by atoms with Gasteiger partial charge in [0.05, 0.1) is 11.9 Å². The fraction of sp³-hybridized carbons (Fsp3) is 0.440. The van der Waals surface area contributed by atoms with Gasteiger partial charge in [0.25, 0.3) is 0 Å². The van der Waals surface area contributed by atoms with E-state index in [0.717, 1.165) is 27.8 Å². The molecule has 2 rings (SSSR count). The normalized spacial score (nSPS) is 12.3. The molecule has 0 aromatic heterocycles. The first-order valence-corrected chi connectivity index (χ1v) is 13.1. The van der Waals surface area contributed by atoms with E-state index in [-0.39, 0.29) is 24.1 Å². The van der Waals surface area contributed by atoms with Crippen LogP contribution in [0.4, 0.5) is 10.1 Å². The first-order valence-electron chi connectivity index (χ1n) is 11.3. The first-order chi connectivity index (χ1) is 16.0. The molecule has 2 amide bonds. The van der Waals surface area contributed by atoms with E-state index >= 15 is 0 Å². The van der Waals surface area contributed by atoms with Crippen molar-refractivity contribution in [1.29, 1.82) is 0 Å². The van der Waals surface area contributed by atoms with E-state index in [2.05, 4.69) is 5.32 Å². The molecule has 2 aromatic carbocycles. The molecule has 0 saturated carbocycles. The van der Waals surface area contributed by atoms with E-state index in [1.54, 1.807) is 6.92 Å². The lowest BCUT2D eigenvalue weighted by Crippen LogP contribution is -2.52. The van der Waals surface area contributed by atoms with Gasteiger partial charge in [0.15, 0.2) is 0 Å². The van der Waals surface area contributed by atoms with Crippen molar-refractivity contribution in [3.05, 3.63) is 65.5 Å². The Kier molecular flexibility index (Phi) is 9.61. The van der Waals surface area contributed by atoms with Crippen LogP contribution in [0.25, 0.3) is 0 Å². The Bertz CT molecular complexity index is 1100. The molecule has 0 saturated heterocycles. The van der Waals surface area contributed by atoms with Crippen LogP contribution in [0.3, 0.4) is 0 Å². The Morgan fingerprint density at radius 1 is 1.06 bits per heavy atom. The summed E-state index contributed by atoms with van der Waals surface area (Å²) in [5.41, 5.74) is 1.56.